The van der Waals surface area contributed by atoms with E-state index < -0.39 is 0 Å². The lowest BCUT2D eigenvalue weighted by atomic mass is 10.1. The lowest BCUT2D eigenvalue weighted by molar-refractivity contribution is 0.414. The summed E-state index contributed by atoms with van der Waals surface area (Å²) in [5.41, 5.74) is 8.96. The molecule has 0 fully saturated rings. The highest BCUT2D eigenvalue weighted by Crippen LogP contribution is 2.42. The summed E-state index contributed by atoms with van der Waals surface area (Å²) in [5, 5.41) is 2.55. The second kappa shape index (κ2) is 4.96. The first-order valence-corrected chi connectivity index (χ1v) is 7.66. The number of ether oxygens (including phenoxy) is 1. The first-order chi connectivity index (χ1) is 8.78. The molecule has 1 aromatic carbocycles. The molecule has 1 aliphatic rings. The van der Waals surface area contributed by atoms with Gasteiger partial charge < -0.3 is 10.5 Å². The van der Waals surface area contributed by atoms with Gasteiger partial charge in [0.25, 0.3) is 0 Å². The van der Waals surface area contributed by atoms with Gasteiger partial charge in [0.1, 0.15) is 5.75 Å². The van der Waals surface area contributed by atoms with Crippen molar-refractivity contribution in [1.82, 2.24) is 0 Å². The summed E-state index contributed by atoms with van der Waals surface area (Å²) in [6.07, 6.45) is 1.04. The third kappa shape index (κ3) is 2.16. The molecule has 1 aliphatic carbocycles. The van der Waals surface area contributed by atoms with Crippen molar-refractivity contribution >= 4 is 23.1 Å². The van der Waals surface area contributed by atoms with Crippen LogP contribution in [0.25, 0.3) is 0 Å². The van der Waals surface area contributed by atoms with Gasteiger partial charge in [-0.25, -0.2) is 0 Å². The Morgan fingerprint density at radius 3 is 3.00 bits per heavy atom. The number of hydrogen-bond acceptors (Lipinski definition) is 4. The fourth-order valence-corrected chi connectivity index (χ4v) is 4.55. The van der Waals surface area contributed by atoms with Crippen molar-refractivity contribution in [3.63, 3.8) is 0 Å². The standard InChI is InChI=1S/C14H15NOS2/c1-16-10-5-4-9-7-12(14(15)11(9)8-10)18-13-3-2-6-17-13/h2-6,8,12,14H,7,15H2,1H3. The number of thiophene rings is 1. The van der Waals surface area contributed by atoms with Gasteiger partial charge in [-0.3, -0.25) is 0 Å². The minimum atomic E-state index is 0.0993. The summed E-state index contributed by atoms with van der Waals surface area (Å²) < 4.78 is 6.61. The van der Waals surface area contributed by atoms with Crippen LogP contribution in [0.1, 0.15) is 17.2 Å². The molecule has 0 amide bonds. The fourth-order valence-electron chi connectivity index (χ4n) is 2.33. The zero-order valence-corrected chi connectivity index (χ0v) is 11.8. The Hall–Kier alpha value is -0.970. The van der Waals surface area contributed by atoms with Gasteiger partial charge in [0, 0.05) is 11.3 Å². The Morgan fingerprint density at radius 1 is 1.39 bits per heavy atom. The topological polar surface area (TPSA) is 35.2 Å². The van der Waals surface area contributed by atoms with Gasteiger partial charge in [0.15, 0.2) is 0 Å². The maximum atomic E-state index is 6.36. The fraction of sp³-hybridized carbons (Fsp3) is 0.286. The van der Waals surface area contributed by atoms with Crippen LogP contribution in [0.5, 0.6) is 5.75 Å². The Kier molecular flexibility index (Phi) is 3.33. The van der Waals surface area contributed by atoms with Crippen LogP contribution in [-0.4, -0.2) is 12.4 Å². The second-order valence-electron chi connectivity index (χ2n) is 4.38. The van der Waals surface area contributed by atoms with E-state index in [2.05, 4.69) is 29.6 Å². The van der Waals surface area contributed by atoms with Gasteiger partial charge in [-0.15, -0.1) is 23.1 Å². The van der Waals surface area contributed by atoms with E-state index in [1.807, 2.05) is 17.8 Å². The lowest BCUT2D eigenvalue weighted by Crippen LogP contribution is -2.18. The molecular formula is C14H15NOS2. The summed E-state index contributed by atoms with van der Waals surface area (Å²) in [6, 6.07) is 10.6. The van der Waals surface area contributed by atoms with Crippen LogP contribution in [0.15, 0.2) is 39.9 Å². The molecule has 0 saturated carbocycles. The normalized spacial score (nSPS) is 21.9. The number of nitrogens with two attached hydrogens (primary N) is 1. The zero-order chi connectivity index (χ0) is 12.5. The minimum absolute atomic E-state index is 0.0993. The van der Waals surface area contributed by atoms with Crippen molar-refractivity contribution in [3.05, 3.63) is 46.8 Å². The number of fused-ring (bicyclic) bond motifs is 1. The first-order valence-electron chi connectivity index (χ1n) is 5.90. The zero-order valence-electron chi connectivity index (χ0n) is 10.1. The van der Waals surface area contributed by atoms with E-state index in [9.17, 15) is 0 Å². The molecule has 0 saturated heterocycles. The van der Waals surface area contributed by atoms with Crippen molar-refractivity contribution in [2.45, 2.75) is 21.9 Å². The van der Waals surface area contributed by atoms with Crippen LogP contribution in [0.3, 0.4) is 0 Å². The van der Waals surface area contributed by atoms with Crippen LogP contribution >= 0.6 is 23.1 Å². The van der Waals surface area contributed by atoms with Gasteiger partial charge in [-0.1, -0.05) is 12.1 Å². The molecular weight excluding hydrogens is 262 g/mol. The third-order valence-corrected chi connectivity index (χ3v) is 5.67. The summed E-state index contributed by atoms with van der Waals surface area (Å²) in [7, 11) is 1.69. The monoisotopic (exact) mass is 277 g/mol. The van der Waals surface area contributed by atoms with E-state index in [0.717, 1.165) is 12.2 Å². The molecule has 0 bridgehead atoms. The Balaban J connectivity index is 1.82. The molecule has 18 heavy (non-hydrogen) atoms. The highest BCUT2D eigenvalue weighted by atomic mass is 32.2. The predicted molar refractivity (Wildman–Crippen MR) is 77.6 cm³/mol. The number of benzene rings is 1. The maximum Gasteiger partial charge on any atom is 0.119 e. The molecule has 0 aliphatic heterocycles. The van der Waals surface area contributed by atoms with Crippen LogP contribution in [0.2, 0.25) is 0 Å². The molecule has 1 aromatic heterocycles. The van der Waals surface area contributed by atoms with Crippen molar-refractivity contribution in [2.24, 2.45) is 5.73 Å². The summed E-state index contributed by atoms with van der Waals surface area (Å²) >= 11 is 3.67. The highest BCUT2D eigenvalue weighted by molar-refractivity contribution is 8.01. The number of thioether (sulfide) groups is 1. The van der Waals surface area contributed by atoms with Crippen LogP contribution in [0, 0.1) is 0 Å². The molecule has 94 valence electrons. The second-order valence-corrected chi connectivity index (χ2v) is 6.87. The maximum absolute atomic E-state index is 6.36. The average Bonchev–Trinajstić information content (AvgIpc) is 2.99. The van der Waals surface area contributed by atoms with Gasteiger partial charge in [0.2, 0.25) is 0 Å². The van der Waals surface area contributed by atoms with Gasteiger partial charge in [-0.2, -0.15) is 0 Å². The van der Waals surface area contributed by atoms with Crippen molar-refractivity contribution in [2.75, 3.05) is 7.11 Å². The van der Waals surface area contributed by atoms with E-state index in [0.29, 0.717) is 5.25 Å². The van der Waals surface area contributed by atoms with E-state index in [4.69, 9.17) is 10.5 Å². The molecule has 2 aromatic rings. The molecule has 4 heteroatoms. The Labute approximate surface area is 115 Å². The van der Waals surface area contributed by atoms with Crippen LogP contribution in [-0.2, 0) is 6.42 Å². The van der Waals surface area contributed by atoms with Crippen molar-refractivity contribution in [3.8, 4) is 5.75 Å². The predicted octanol–water partition coefficient (Wildman–Crippen LogP) is 3.47. The first kappa shape index (κ1) is 12.1. The number of rotatable bonds is 3. The summed E-state index contributed by atoms with van der Waals surface area (Å²) in [6.45, 7) is 0. The SMILES string of the molecule is COc1ccc2c(c1)C(N)C(Sc1cccs1)C2. The number of methoxy groups -OCH3 is 1. The summed E-state index contributed by atoms with van der Waals surface area (Å²) in [5.74, 6) is 0.894. The largest absolute Gasteiger partial charge is 0.497 e. The molecule has 2 nitrogen and oxygen atoms in total. The van der Waals surface area contributed by atoms with E-state index in [1.54, 1.807) is 18.4 Å². The van der Waals surface area contributed by atoms with Gasteiger partial charge in [-0.05, 0) is 41.1 Å². The van der Waals surface area contributed by atoms with Crippen LogP contribution in [0.4, 0.5) is 0 Å². The van der Waals surface area contributed by atoms with E-state index in [-0.39, 0.29) is 6.04 Å². The molecule has 0 spiro atoms. The van der Waals surface area contributed by atoms with Crippen molar-refractivity contribution in [1.29, 1.82) is 0 Å². The van der Waals surface area contributed by atoms with E-state index in [1.165, 1.54) is 15.3 Å². The molecule has 2 N–H and O–H groups in total. The van der Waals surface area contributed by atoms with Gasteiger partial charge in [0.05, 0.1) is 11.3 Å². The van der Waals surface area contributed by atoms with E-state index >= 15 is 0 Å². The molecule has 2 unspecified atom stereocenters. The molecule has 0 radical (unpaired) electrons. The van der Waals surface area contributed by atoms with Crippen LogP contribution < -0.4 is 10.5 Å². The third-order valence-electron chi connectivity index (χ3n) is 3.30. The average molecular weight is 277 g/mol. The minimum Gasteiger partial charge on any atom is -0.497 e. The smallest absolute Gasteiger partial charge is 0.119 e. The molecule has 3 rings (SSSR count). The van der Waals surface area contributed by atoms with Crippen molar-refractivity contribution < 1.29 is 4.74 Å². The Bertz CT molecular complexity index is 539. The molecule has 1 heterocycles. The highest BCUT2D eigenvalue weighted by Gasteiger charge is 2.30. The molecule has 2 atom stereocenters. The Morgan fingerprint density at radius 2 is 2.28 bits per heavy atom. The lowest BCUT2D eigenvalue weighted by Gasteiger charge is -2.14. The quantitative estimate of drug-likeness (QED) is 0.933. The summed E-state index contributed by atoms with van der Waals surface area (Å²) in [4.78, 5) is 0. The van der Waals surface area contributed by atoms with Gasteiger partial charge >= 0.3 is 0 Å². The number of hydrogen-bond donors (Lipinski definition) is 1.